The van der Waals surface area contributed by atoms with Crippen molar-refractivity contribution in [3.63, 3.8) is 0 Å². The molecular weight excluding hydrogens is 304 g/mol. The molecule has 0 unspecified atom stereocenters. The quantitative estimate of drug-likeness (QED) is 0.799. The monoisotopic (exact) mass is 313 g/mol. The van der Waals surface area contributed by atoms with Crippen LogP contribution in [0, 0.1) is 0 Å². The van der Waals surface area contributed by atoms with E-state index in [1.165, 1.54) is 12.1 Å². The van der Waals surface area contributed by atoms with Crippen LogP contribution in [0.2, 0.25) is 0 Å². The number of halogens is 3. The topological polar surface area (TPSA) is 83.6 Å². The predicted octanol–water partition coefficient (Wildman–Crippen LogP) is 2.24. The zero-order chi connectivity index (χ0) is 11.6. The van der Waals surface area contributed by atoms with Crippen molar-refractivity contribution in [1.29, 1.82) is 0 Å². The van der Waals surface area contributed by atoms with Gasteiger partial charge in [-0.3, -0.25) is 0 Å². The van der Waals surface area contributed by atoms with Crippen LogP contribution in [0.4, 0.5) is 4.39 Å². The van der Waals surface area contributed by atoms with Crippen molar-refractivity contribution in [2.24, 2.45) is 5.73 Å². The molecule has 1 rings (SSSR count). The molecular formula is C9H10BrClFNO3. The Kier molecular flexibility index (Phi) is 5.71. The maximum atomic E-state index is 12.4. The van der Waals surface area contributed by atoms with Crippen LogP contribution >= 0.6 is 28.3 Å². The summed E-state index contributed by atoms with van der Waals surface area (Å²) in [5.41, 5.74) is 5.18. The molecule has 0 bridgehead atoms. The maximum Gasteiger partial charge on any atom is 0.339 e. The fourth-order valence-corrected chi connectivity index (χ4v) is 1.80. The van der Waals surface area contributed by atoms with E-state index >= 15 is 0 Å². The highest BCUT2D eigenvalue weighted by atomic mass is 79.9. The fourth-order valence-electron chi connectivity index (χ4n) is 1.19. The lowest BCUT2D eigenvalue weighted by Gasteiger charge is -2.13. The van der Waals surface area contributed by atoms with E-state index in [1.807, 2.05) is 0 Å². The van der Waals surface area contributed by atoms with Gasteiger partial charge in [0.25, 0.3) is 0 Å². The van der Waals surface area contributed by atoms with E-state index in [-0.39, 0.29) is 23.5 Å². The minimum Gasteiger partial charge on any atom is -0.507 e. The molecule has 1 aromatic rings. The third kappa shape index (κ3) is 2.84. The van der Waals surface area contributed by atoms with E-state index in [1.54, 1.807) is 0 Å². The molecule has 0 aliphatic heterocycles. The summed E-state index contributed by atoms with van der Waals surface area (Å²) in [6.07, 6.45) is 0. The number of hydrogen-bond donors (Lipinski definition) is 3. The first-order chi connectivity index (χ1) is 6.99. The van der Waals surface area contributed by atoms with Crippen molar-refractivity contribution in [1.82, 2.24) is 0 Å². The average Bonchev–Trinajstić information content (AvgIpc) is 2.16. The molecule has 0 fully saturated rings. The molecule has 16 heavy (non-hydrogen) atoms. The van der Waals surface area contributed by atoms with Gasteiger partial charge in [-0.2, -0.15) is 0 Å². The number of aromatic carboxylic acids is 1. The number of aromatic hydroxyl groups is 1. The van der Waals surface area contributed by atoms with Gasteiger partial charge in [-0.25, -0.2) is 9.18 Å². The molecule has 1 aromatic carbocycles. The van der Waals surface area contributed by atoms with Gasteiger partial charge in [0.15, 0.2) is 0 Å². The molecule has 0 saturated heterocycles. The standard InChI is InChI=1S/C9H9BrFNO3.ClH/c10-5-2-1-4(9(14)15)8(13)7(5)6(12)3-11;/h1-2,6,13H,3,12H2,(H,14,15);1H/t6-;/m0./s1. The Morgan fingerprint density at radius 2 is 2.12 bits per heavy atom. The predicted molar refractivity (Wildman–Crippen MR) is 62.9 cm³/mol. The number of hydrogen-bond acceptors (Lipinski definition) is 3. The minimum atomic E-state index is -1.28. The second kappa shape index (κ2) is 6.03. The van der Waals surface area contributed by atoms with E-state index in [4.69, 9.17) is 10.8 Å². The fraction of sp³-hybridized carbons (Fsp3) is 0.222. The van der Waals surface area contributed by atoms with E-state index < -0.39 is 24.4 Å². The number of carbonyl (C=O) groups is 1. The number of nitrogens with two attached hydrogens (primary N) is 1. The van der Waals surface area contributed by atoms with Gasteiger partial charge in [-0.15, -0.1) is 12.4 Å². The summed E-state index contributed by atoms with van der Waals surface area (Å²) in [5.74, 6) is -1.78. The number of carboxylic acids is 1. The molecule has 4 nitrogen and oxygen atoms in total. The van der Waals surface area contributed by atoms with E-state index in [2.05, 4.69) is 15.9 Å². The van der Waals surface area contributed by atoms with Crippen LogP contribution in [-0.2, 0) is 0 Å². The van der Waals surface area contributed by atoms with E-state index in [9.17, 15) is 14.3 Å². The number of carboxylic acid groups (broad SMARTS) is 1. The van der Waals surface area contributed by atoms with Crippen molar-refractivity contribution in [3.8, 4) is 5.75 Å². The van der Waals surface area contributed by atoms with Crippen molar-refractivity contribution < 1.29 is 19.4 Å². The lowest BCUT2D eigenvalue weighted by Crippen LogP contribution is -2.14. The second-order valence-corrected chi connectivity index (χ2v) is 3.78. The normalized spacial score (nSPS) is 11.7. The summed E-state index contributed by atoms with van der Waals surface area (Å²) < 4.78 is 12.7. The highest BCUT2D eigenvalue weighted by Crippen LogP contribution is 2.33. The zero-order valence-corrected chi connectivity index (χ0v) is 10.4. The summed E-state index contributed by atoms with van der Waals surface area (Å²) in [7, 11) is 0. The summed E-state index contributed by atoms with van der Waals surface area (Å²) in [6, 6.07) is 1.59. The maximum absolute atomic E-state index is 12.4. The Morgan fingerprint density at radius 1 is 1.56 bits per heavy atom. The van der Waals surface area contributed by atoms with Gasteiger partial charge in [0, 0.05) is 10.0 Å². The number of alkyl halides is 1. The largest absolute Gasteiger partial charge is 0.507 e. The van der Waals surface area contributed by atoms with E-state index in [0.29, 0.717) is 4.47 Å². The van der Waals surface area contributed by atoms with Crippen LogP contribution in [0.5, 0.6) is 5.75 Å². The van der Waals surface area contributed by atoms with Gasteiger partial charge >= 0.3 is 5.97 Å². The first-order valence-corrected chi connectivity index (χ1v) is 4.84. The molecule has 1 atom stereocenters. The molecule has 0 aliphatic rings. The zero-order valence-electron chi connectivity index (χ0n) is 7.98. The Hall–Kier alpha value is -0.850. The Morgan fingerprint density at radius 3 is 2.56 bits per heavy atom. The van der Waals surface area contributed by atoms with Gasteiger partial charge in [-0.05, 0) is 12.1 Å². The molecule has 4 N–H and O–H groups in total. The smallest absolute Gasteiger partial charge is 0.339 e. The van der Waals surface area contributed by atoms with Crippen molar-refractivity contribution in [3.05, 3.63) is 27.7 Å². The van der Waals surface area contributed by atoms with Crippen molar-refractivity contribution >= 4 is 34.3 Å². The van der Waals surface area contributed by atoms with Gasteiger partial charge in [-0.1, -0.05) is 15.9 Å². The lowest BCUT2D eigenvalue weighted by molar-refractivity contribution is 0.0693. The van der Waals surface area contributed by atoms with Crippen LogP contribution in [-0.4, -0.2) is 22.9 Å². The van der Waals surface area contributed by atoms with Gasteiger partial charge in [0.05, 0.1) is 6.04 Å². The van der Waals surface area contributed by atoms with Crippen LogP contribution in [0.1, 0.15) is 22.0 Å². The van der Waals surface area contributed by atoms with Gasteiger partial charge in [0.1, 0.15) is 18.0 Å². The van der Waals surface area contributed by atoms with Gasteiger partial charge < -0.3 is 15.9 Å². The second-order valence-electron chi connectivity index (χ2n) is 2.92. The summed E-state index contributed by atoms with van der Waals surface area (Å²) in [4.78, 5) is 10.7. The first kappa shape index (κ1) is 15.2. The van der Waals surface area contributed by atoms with Crippen LogP contribution in [0.15, 0.2) is 16.6 Å². The third-order valence-corrected chi connectivity index (χ3v) is 2.62. The minimum absolute atomic E-state index is 0. The Labute approximate surface area is 106 Å². The SMILES string of the molecule is Cl.N[C@@H](CF)c1c(Br)ccc(C(=O)O)c1O. The molecule has 0 spiro atoms. The van der Waals surface area contributed by atoms with Crippen LogP contribution < -0.4 is 5.73 Å². The summed E-state index contributed by atoms with van der Waals surface area (Å²) in [5, 5.41) is 18.3. The average molecular weight is 315 g/mol. The van der Waals surface area contributed by atoms with Crippen molar-refractivity contribution in [2.45, 2.75) is 6.04 Å². The molecule has 90 valence electrons. The molecule has 0 aromatic heterocycles. The highest BCUT2D eigenvalue weighted by Gasteiger charge is 2.20. The third-order valence-electron chi connectivity index (χ3n) is 1.93. The molecule has 0 saturated carbocycles. The molecule has 0 amide bonds. The molecule has 0 heterocycles. The number of phenols is 1. The summed E-state index contributed by atoms with van der Waals surface area (Å²) in [6.45, 7) is -0.880. The summed E-state index contributed by atoms with van der Waals surface area (Å²) >= 11 is 3.07. The molecule has 0 aliphatic carbocycles. The van der Waals surface area contributed by atoms with Gasteiger partial charge in [0.2, 0.25) is 0 Å². The Balaban J connectivity index is 0.00000225. The molecule has 7 heteroatoms. The number of benzene rings is 1. The van der Waals surface area contributed by atoms with Crippen LogP contribution in [0.25, 0.3) is 0 Å². The van der Waals surface area contributed by atoms with E-state index in [0.717, 1.165) is 0 Å². The highest BCUT2D eigenvalue weighted by molar-refractivity contribution is 9.10. The number of rotatable bonds is 3. The van der Waals surface area contributed by atoms with Crippen molar-refractivity contribution in [2.75, 3.05) is 6.67 Å². The Bertz CT molecular complexity index is 403. The van der Waals surface area contributed by atoms with Crippen LogP contribution in [0.3, 0.4) is 0 Å². The molecule has 0 radical (unpaired) electrons. The lowest BCUT2D eigenvalue weighted by atomic mass is 10.0. The first-order valence-electron chi connectivity index (χ1n) is 4.05.